The second-order valence-electron chi connectivity index (χ2n) is 1.21. The summed E-state index contributed by atoms with van der Waals surface area (Å²) in [6, 6.07) is 0. The third-order valence-corrected chi connectivity index (χ3v) is 1.39. The van der Waals surface area contributed by atoms with Crippen LogP contribution in [0.15, 0.2) is 4.76 Å². The molecule has 0 heterocycles. The predicted octanol–water partition coefficient (Wildman–Crippen LogP) is 4.05. The van der Waals surface area contributed by atoms with E-state index in [0.717, 1.165) is 5.16 Å². The summed E-state index contributed by atoms with van der Waals surface area (Å²) in [7, 11) is 0. The number of thiocarbonyl (C=S) groups is 1. The van der Waals surface area contributed by atoms with E-state index in [9.17, 15) is 12.6 Å². The van der Waals surface area contributed by atoms with Crippen LogP contribution in [0.5, 0.6) is 0 Å². The van der Waals surface area contributed by atoms with Crippen LogP contribution < -0.4 is 0 Å². The van der Waals surface area contributed by atoms with Crippen LogP contribution in [0.4, 0.5) is 12.6 Å². The molecule has 0 rings (SSSR count). The predicted molar refractivity (Wildman–Crippen MR) is 37.0 cm³/mol. The zero-order valence-corrected chi connectivity index (χ0v) is 6.92. The van der Waals surface area contributed by atoms with Gasteiger partial charge in [0.1, 0.15) is 0 Å². The Kier molecular flexibility index (Phi) is 1.71. The Morgan fingerprint density at radius 1 is 1.33 bits per heavy atom. The molecule has 0 aromatic rings. The molecule has 8 heteroatoms. The van der Waals surface area contributed by atoms with Crippen molar-refractivity contribution < 1.29 is 12.6 Å². The number of hydrogen-bond acceptors (Lipinski definition) is 2. The summed E-state index contributed by atoms with van der Waals surface area (Å²) in [5.41, 5.74) is -7.88. The molecule has 0 fully saturated rings. The molecule has 0 aliphatic rings. The molecule has 9 heavy (non-hydrogen) atoms. The van der Waals surface area contributed by atoms with E-state index in [-0.39, 0.29) is 0 Å². The van der Waals surface area contributed by atoms with Gasteiger partial charge in [0.25, 0.3) is 0 Å². The molecule has 0 bridgehead atoms. The van der Waals surface area contributed by atoms with Crippen molar-refractivity contribution in [3.63, 3.8) is 0 Å². The van der Waals surface area contributed by atoms with Gasteiger partial charge in [-0.1, -0.05) is 0 Å². The van der Waals surface area contributed by atoms with Crippen molar-refractivity contribution in [2.75, 3.05) is 0 Å². The summed E-state index contributed by atoms with van der Waals surface area (Å²) in [6.45, 7) is 0. The maximum atomic E-state index is 11.8. The topological polar surface area (TPSA) is 12.4 Å². The quantitative estimate of drug-likeness (QED) is 0.366. The molecule has 0 aromatic carbocycles. The van der Waals surface area contributed by atoms with Crippen LogP contribution in [0, 0.1) is 0 Å². The van der Waals surface area contributed by atoms with Crippen molar-refractivity contribution in [1.82, 2.24) is 0 Å². The summed E-state index contributed by atoms with van der Waals surface area (Å²) < 4.78 is 37.2. The first-order chi connectivity index (χ1) is 3.54. The van der Waals surface area contributed by atoms with Crippen LogP contribution in [-0.4, -0.2) is 5.16 Å². The molecule has 0 spiro atoms. The van der Waals surface area contributed by atoms with Crippen LogP contribution in [0.2, 0.25) is 0 Å². The number of halogens is 5. The molecular weight excluding hydrogens is 217 g/mol. The molecular formula is CCl2F3NPS-. The van der Waals surface area contributed by atoms with E-state index in [0.29, 0.717) is 0 Å². The fourth-order valence-electron chi connectivity index (χ4n) is 0.0772. The average molecular weight is 217 g/mol. The van der Waals surface area contributed by atoms with Crippen LogP contribution in [-0.2, 0) is 0 Å². The molecule has 0 atom stereocenters. The summed E-state index contributed by atoms with van der Waals surface area (Å²) in [4.78, 5) is 0. The number of rotatable bonds is 1. The molecule has 0 aliphatic carbocycles. The van der Waals surface area contributed by atoms with Crippen LogP contribution in [0.25, 0.3) is 0 Å². The number of isothiocyanates is 1. The maximum absolute atomic E-state index is 11.8. The molecule has 0 aliphatic heterocycles. The van der Waals surface area contributed by atoms with E-state index in [2.05, 4.69) is 34.7 Å². The van der Waals surface area contributed by atoms with Gasteiger partial charge < -0.3 is 0 Å². The monoisotopic (exact) mass is 216 g/mol. The zero-order valence-electron chi connectivity index (χ0n) is 3.69. The third kappa shape index (κ3) is 8.60. The van der Waals surface area contributed by atoms with Gasteiger partial charge in [0.05, 0.1) is 0 Å². The van der Waals surface area contributed by atoms with Gasteiger partial charge in [-0.3, -0.25) is 0 Å². The molecule has 0 saturated heterocycles. The van der Waals surface area contributed by atoms with E-state index in [1.165, 1.54) is 0 Å². The molecule has 0 N–H and O–H groups in total. The summed E-state index contributed by atoms with van der Waals surface area (Å²) in [6.07, 6.45) is 0. The van der Waals surface area contributed by atoms with Crippen molar-refractivity contribution in [1.29, 1.82) is 0 Å². The van der Waals surface area contributed by atoms with E-state index in [1.807, 2.05) is 0 Å². The standard InChI is InChI=1S/CCl2F3NPS/c2-8(3,4,5,6)7-1-9/q-1. The summed E-state index contributed by atoms with van der Waals surface area (Å²) in [5, 5.41) is 1.07. The van der Waals surface area contributed by atoms with E-state index < -0.39 is 5.73 Å². The number of nitrogens with zero attached hydrogens (tertiary/aromatic N) is 1. The van der Waals surface area contributed by atoms with Gasteiger partial charge in [0.15, 0.2) is 0 Å². The fourth-order valence-corrected chi connectivity index (χ4v) is 1.25. The van der Waals surface area contributed by atoms with Gasteiger partial charge in [-0.2, -0.15) is 0 Å². The molecule has 0 radical (unpaired) electrons. The fraction of sp³-hybridized carbons (Fsp3) is 0. The van der Waals surface area contributed by atoms with E-state index >= 15 is 0 Å². The van der Waals surface area contributed by atoms with Gasteiger partial charge >= 0.3 is 62.9 Å². The van der Waals surface area contributed by atoms with Crippen molar-refractivity contribution in [3.05, 3.63) is 0 Å². The Morgan fingerprint density at radius 2 is 1.67 bits per heavy atom. The van der Waals surface area contributed by atoms with Gasteiger partial charge in [-0.25, -0.2) is 0 Å². The third-order valence-electron chi connectivity index (χ3n) is 0.230. The van der Waals surface area contributed by atoms with Gasteiger partial charge in [0.2, 0.25) is 0 Å². The molecule has 56 valence electrons. The SMILES string of the molecule is F[P-](F)(F)(Cl)(Cl)N=C=S. The molecule has 0 amide bonds. The first-order valence-corrected chi connectivity index (χ1v) is 6.00. The van der Waals surface area contributed by atoms with Crippen molar-refractivity contribution >= 4 is 45.6 Å². The minimum absolute atomic E-state index is 1.07. The average Bonchev–Trinajstić information content (AvgIpc) is 1.22. The van der Waals surface area contributed by atoms with Gasteiger partial charge in [-0.05, 0) is 0 Å². The first-order valence-electron chi connectivity index (χ1n) is 1.47. The second-order valence-corrected chi connectivity index (χ2v) is 8.36. The molecule has 0 saturated carbocycles. The van der Waals surface area contributed by atoms with Crippen molar-refractivity contribution in [2.45, 2.75) is 0 Å². The Labute approximate surface area is 63.4 Å². The van der Waals surface area contributed by atoms with E-state index in [4.69, 9.17) is 0 Å². The molecule has 1 nitrogen and oxygen atoms in total. The van der Waals surface area contributed by atoms with Crippen molar-refractivity contribution in [3.8, 4) is 0 Å². The first kappa shape index (κ1) is 9.60. The van der Waals surface area contributed by atoms with Crippen LogP contribution in [0.3, 0.4) is 0 Å². The Morgan fingerprint density at radius 3 is 1.67 bits per heavy atom. The number of hydrogen-bond donors (Lipinski definition) is 0. The van der Waals surface area contributed by atoms with Gasteiger partial charge in [0, 0.05) is 0 Å². The minimum atomic E-state index is -7.88. The Bertz CT molecular complexity index is 175. The Balaban J connectivity index is 4.99. The van der Waals surface area contributed by atoms with Gasteiger partial charge in [-0.15, -0.1) is 0 Å². The Hall–Kier alpha value is 0.600. The summed E-state index contributed by atoms with van der Waals surface area (Å²) in [5.74, 6) is 0. The molecule has 0 aromatic heterocycles. The van der Waals surface area contributed by atoms with Crippen LogP contribution >= 0.6 is 40.4 Å². The molecule has 0 unspecified atom stereocenters. The van der Waals surface area contributed by atoms with Crippen LogP contribution in [0.1, 0.15) is 0 Å². The zero-order chi connectivity index (χ0) is 7.82. The second kappa shape index (κ2) is 1.60. The van der Waals surface area contributed by atoms with Crippen molar-refractivity contribution in [2.24, 2.45) is 4.76 Å². The normalized spacial score (nSPS) is 19.2. The summed E-state index contributed by atoms with van der Waals surface area (Å²) >= 11 is 11.6. The van der Waals surface area contributed by atoms with E-state index in [1.54, 1.807) is 4.76 Å².